The van der Waals surface area contributed by atoms with Crippen molar-refractivity contribution in [3.8, 4) is 0 Å². The van der Waals surface area contributed by atoms with Crippen molar-refractivity contribution in [2.45, 2.75) is 251 Å². The highest BCUT2D eigenvalue weighted by atomic mass is 79.9. The van der Waals surface area contributed by atoms with Crippen LogP contribution in [0.5, 0.6) is 0 Å². The van der Waals surface area contributed by atoms with Gasteiger partial charge in [-0.2, -0.15) is 0 Å². The molecule has 20 heteroatoms. The molecule has 0 aliphatic heterocycles. The van der Waals surface area contributed by atoms with E-state index in [2.05, 4.69) is 207 Å². The van der Waals surface area contributed by atoms with Gasteiger partial charge < -0.3 is 37.9 Å². The number of aromatic nitrogens is 7. The molecule has 476 valence electrons. The van der Waals surface area contributed by atoms with Crippen LogP contribution in [0.25, 0.3) is 0 Å². The Hall–Kier alpha value is -4.00. The largest absolute Gasteiger partial charge is 0.416 e. The van der Waals surface area contributed by atoms with Crippen molar-refractivity contribution in [1.29, 1.82) is 0 Å². The second kappa shape index (κ2) is 29.3. The van der Waals surface area contributed by atoms with Crippen molar-refractivity contribution in [1.82, 2.24) is 34.5 Å². The number of nitrogens with zero attached hydrogens (tertiary/aromatic N) is 6. The topological polar surface area (TPSA) is 180 Å². The summed E-state index contributed by atoms with van der Waals surface area (Å²) in [6.07, 6.45) is 20.8. The highest BCUT2D eigenvalue weighted by Crippen LogP contribution is 2.49. The molecule has 2 aliphatic rings. The minimum absolute atomic E-state index is 0.0821. The van der Waals surface area contributed by atoms with Crippen LogP contribution in [0.4, 0.5) is 11.6 Å². The average Bonchev–Trinajstić information content (AvgIpc) is 2.32. The highest BCUT2D eigenvalue weighted by Gasteiger charge is 2.52. The molecule has 15 nitrogen and oxygen atoms in total. The fraction of sp³-hybridized carbons (Fsp3) is 0.652. The Bertz CT molecular complexity index is 2930. The number of carbonyl (C=O) groups is 2. The quantitative estimate of drug-likeness (QED) is 0.0352. The van der Waals surface area contributed by atoms with Crippen LogP contribution in [-0.4, -0.2) is 117 Å². The summed E-state index contributed by atoms with van der Waals surface area (Å²) in [5.74, 6) is 1.51. The van der Waals surface area contributed by atoms with Crippen LogP contribution in [0.3, 0.4) is 0 Å². The summed E-state index contributed by atoms with van der Waals surface area (Å²) in [5, 5.41) is 7.58. The van der Waals surface area contributed by atoms with Gasteiger partial charge in [0.1, 0.15) is 24.3 Å². The summed E-state index contributed by atoms with van der Waals surface area (Å²) < 4.78 is 31.4. The standard InChI is InChI=1S/C36H56BrN5O3Si2.C30H52N4O3Si2/c1-24(2)47(25(3)4,26(5)6)45-33-16-31(15-29(33)22-44-46(10,11)36(7,8)9)41-35-32(19-39-23-40-35)34(43)28-12-13-42(21-28)20-27-14-30(37)18-38-17-27;1-20(2)39(21(3)4,22(5)6)37-27-15-25(14-24(27)18-36-38(10,11)30(7,8)9)34-29-26(17-32-19-33-29)28(35)23-12-13-31-16-23/h12-14,17-19,21,23-26,29,31,33H,15-16,20,22H2,1-11H3,(H,39,40,41);12-13,16-17,19-22,24-25,27,31H,14-15,18H2,1-11H3,(H,32,33,34)/t29-,31-,33+;24-,25-,27+/m11/s1. The normalized spacial score (nSPS) is 20.0. The van der Waals surface area contributed by atoms with Crippen molar-refractivity contribution in [2.75, 3.05) is 23.8 Å². The van der Waals surface area contributed by atoms with Gasteiger partial charge in [0, 0.05) is 109 Å². The van der Waals surface area contributed by atoms with Crippen molar-refractivity contribution in [3.05, 3.63) is 113 Å². The first-order chi connectivity index (χ1) is 40.0. The number of halogens is 1. The number of anilines is 2. The lowest BCUT2D eigenvalue weighted by molar-refractivity contribution is 0.0968. The van der Waals surface area contributed by atoms with Crippen molar-refractivity contribution >= 4 is 72.4 Å². The monoisotopic (exact) mass is 1310 g/mol. The molecule has 7 rings (SSSR count). The van der Waals surface area contributed by atoms with Gasteiger partial charge in [-0.25, -0.2) is 19.9 Å². The number of H-pyrrole nitrogens is 1. The number of rotatable bonds is 26. The number of nitrogens with one attached hydrogen (secondary N) is 3. The molecule has 0 spiro atoms. The predicted octanol–water partition coefficient (Wildman–Crippen LogP) is 17.3. The Balaban J connectivity index is 0.000000280. The summed E-state index contributed by atoms with van der Waals surface area (Å²) >= 11 is 3.49. The molecule has 3 N–H and O–H groups in total. The molecule has 5 aromatic rings. The average molecular weight is 1320 g/mol. The summed E-state index contributed by atoms with van der Waals surface area (Å²) in [5.41, 5.74) is 6.23. The third-order valence-corrected chi connectivity index (χ3v) is 41.6. The van der Waals surface area contributed by atoms with Crippen molar-refractivity contribution in [2.24, 2.45) is 11.8 Å². The highest BCUT2D eigenvalue weighted by molar-refractivity contribution is 9.10. The van der Waals surface area contributed by atoms with Crippen LogP contribution in [0.2, 0.25) is 69.5 Å². The fourth-order valence-electron chi connectivity index (χ4n) is 13.3. The van der Waals surface area contributed by atoms with Crippen LogP contribution in [0.1, 0.15) is 188 Å². The summed E-state index contributed by atoms with van der Waals surface area (Å²) in [6.45, 7) is 53.2. The molecule has 0 bridgehead atoms. The van der Waals surface area contributed by atoms with E-state index in [0.29, 0.717) is 86.9 Å². The molecule has 2 saturated carbocycles. The smallest absolute Gasteiger partial charge is 0.200 e. The van der Waals surface area contributed by atoms with Crippen molar-refractivity contribution < 1.29 is 27.3 Å². The molecule has 5 heterocycles. The van der Waals surface area contributed by atoms with E-state index in [1.165, 1.54) is 12.7 Å². The van der Waals surface area contributed by atoms with Crippen LogP contribution >= 0.6 is 15.9 Å². The van der Waals surface area contributed by atoms with Gasteiger partial charge in [-0.1, -0.05) is 125 Å². The van der Waals surface area contributed by atoms with Gasteiger partial charge in [-0.05, 0) is 135 Å². The van der Waals surface area contributed by atoms with E-state index in [1.54, 1.807) is 37.1 Å². The molecule has 2 fully saturated rings. The molecule has 0 unspecified atom stereocenters. The second-order valence-corrected chi connectivity index (χ2v) is 51.0. The minimum atomic E-state index is -2.13. The number of aromatic amines is 1. The lowest BCUT2D eigenvalue weighted by Crippen LogP contribution is -2.51. The maximum Gasteiger partial charge on any atom is 0.200 e. The van der Waals surface area contributed by atoms with Gasteiger partial charge in [0.2, 0.25) is 16.6 Å². The maximum atomic E-state index is 13.8. The molecule has 0 radical (unpaired) electrons. The zero-order valence-electron chi connectivity index (χ0n) is 56.4. The second-order valence-electron chi connectivity index (χ2n) is 29.6. The molecular weight excluding hydrogens is 1210 g/mol. The molecule has 6 atom stereocenters. The molecule has 0 saturated heterocycles. The molecular formula is C66H108BrN9O6Si4. The van der Waals surface area contributed by atoms with Gasteiger partial charge in [-0.3, -0.25) is 14.6 Å². The zero-order valence-corrected chi connectivity index (χ0v) is 62.0. The lowest BCUT2D eigenvalue weighted by atomic mass is 10.1. The Morgan fingerprint density at radius 1 is 0.616 bits per heavy atom. The van der Waals surface area contributed by atoms with E-state index in [4.69, 9.17) is 17.7 Å². The maximum absolute atomic E-state index is 13.8. The van der Waals surface area contributed by atoms with E-state index in [9.17, 15) is 9.59 Å². The SMILES string of the molecule is CC(C)[Si](O[C@H]1C[C@H](Nc2ncncc2C(=O)c2cc[nH]c2)C[C@@H]1CO[Si](C)(C)C(C)(C)C)(C(C)C)C(C)C.CC(C)[Si](O[C@H]1C[C@H](Nc2ncncc2C(=O)c2ccn(Cc3cncc(Br)c3)c2)C[C@@H]1CO[Si](C)(C)C(C)(C)C)(C(C)C)C(C)C. The first kappa shape index (κ1) is 71.1. The summed E-state index contributed by atoms with van der Waals surface area (Å²) in [7, 11) is -8.08. The molecule has 2 aliphatic carbocycles. The first-order valence-electron chi connectivity index (χ1n) is 31.8. The number of ketones is 2. The Morgan fingerprint density at radius 2 is 1.05 bits per heavy atom. The minimum Gasteiger partial charge on any atom is -0.416 e. The van der Waals surface area contributed by atoms with Gasteiger partial charge in [0.25, 0.3) is 0 Å². The number of hydrogen-bond donors (Lipinski definition) is 3. The molecule has 5 aromatic heterocycles. The zero-order chi connectivity index (χ0) is 63.9. The van der Waals surface area contributed by atoms with Gasteiger partial charge in [0.05, 0.1) is 23.3 Å². The predicted molar refractivity (Wildman–Crippen MR) is 366 cm³/mol. The number of hydrogen-bond acceptors (Lipinski definition) is 13. The van der Waals surface area contributed by atoms with Crippen LogP contribution < -0.4 is 10.6 Å². The van der Waals surface area contributed by atoms with E-state index in [-0.39, 0.29) is 57.8 Å². The van der Waals surface area contributed by atoms with E-state index >= 15 is 0 Å². The molecule has 0 aromatic carbocycles. The Labute approximate surface area is 530 Å². The van der Waals surface area contributed by atoms with Gasteiger partial charge in [-0.15, -0.1) is 0 Å². The molecule has 86 heavy (non-hydrogen) atoms. The number of pyridine rings is 1. The number of carbonyl (C=O) groups excluding carboxylic acids is 2. The van der Waals surface area contributed by atoms with E-state index in [0.717, 1.165) is 35.7 Å². The summed E-state index contributed by atoms with van der Waals surface area (Å²) in [4.78, 5) is 51.7. The van der Waals surface area contributed by atoms with Gasteiger partial charge >= 0.3 is 0 Å². The Morgan fingerprint density at radius 3 is 1.43 bits per heavy atom. The van der Waals surface area contributed by atoms with Crippen LogP contribution in [-0.2, 0) is 24.2 Å². The van der Waals surface area contributed by atoms with Crippen molar-refractivity contribution in [3.63, 3.8) is 0 Å². The first-order valence-corrected chi connectivity index (χ1v) is 42.7. The van der Waals surface area contributed by atoms with E-state index < -0.39 is 33.3 Å². The summed E-state index contributed by atoms with van der Waals surface area (Å²) in [6, 6.07) is 5.89. The fourth-order valence-corrected chi connectivity index (χ4v) is 27.1. The van der Waals surface area contributed by atoms with E-state index in [1.807, 2.05) is 35.3 Å². The van der Waals surface area contributed by atoms with Crippen LogP contribution in [0.15, 0.2) is 84.9 Å². The van der Waals surface area contributed by atoms with Crippen LogP contribution in [0, 0.1) is 11.8 Å². The Kier molecular flexibility index (Phi) is 24.2. The molecule has 0 amide bonds. The third-order valence-electron chi connectivity index (χ3n) is 19.9. The van der Waals surface area contributed by atoms with Gasteiger partial charge in [0.15, 0.2) is 28.2 Å². The lowest BCUT2D eigenvalue weighted by Gasteiger charge is -2.45. The third kappa shape index (κ3) is 16.9.